The summed E-state index contributed by atoms with van der Waals surface area (Å²) in [4.78, 5) is 24.9. The van der Waals surface area contributed by atoms with Gasteiger partial charge in [-0.05, 0) is 48.9 Å². The van der Waals surface area contributed by atoms with Gasteiger partial charge in [-0.2, -0.15) is 0 Å². The number of amides is 1. The van der Waals surface area contributed by atoms with Gasteiger partial charge in [0.2, 0.25) is 5.91 Å². The van der Waals surface area contributed by atoms with Gasteiger partial charge in [0.25, 0.3) is 10.0 Å². The van der Waals surface area contributed by atoms with Gasteiger partial charge in [0, 0.05) is 5.69 Å². The molecule has 3 rings (SSSR count). The molecule has 1 amide bonds. The summed E-state index contributed by atoms with van der Waals surface area (Å²) >= 11 is 0. The van der Waals surface area contributed by atoms with E-state index in [9.17, 15) is 18.0 Å². The Kier molecular flexibility index (Phi) is 7.34. The van der Waals surface area contributed by atoms with Crippen molar-refractivity contribution >= 4 is 33.3 Å². The lowest BCUT2D eigenvalue weighted by molar-refractivity contribution is -0.114. The van der Waals surface area contributed by atoms with Crippen LogP contribution in [0.3, 0.4) is 0 Å². The number of carbonyl (C=O) groups excluding carboxylic acids is 2. The van der Waals surface area contributed by atoms with Gasteiger partial charge in [0.05, 0.1) is 30.4 Å². The lowest BCUT2D eigenvalue weighted by Crippen LogP contribution is -2.38. The fourth-order valence-electron chi connectivity index (χ4n) is 3.18. The van der Waals surface area contributed by atoms with Crippen molar-refractivity contribution in [2.45, 2.75) is 11.8 Å². The third-order valence-electron chi connectivity index (χ3n) is 4.91. The van der Waals surface area contributed by atoms with Crippen LogP contribution in [0.5, 0.6) is 5.75 Å². The fraction of sp³-hybridized carbons (Fsp3) is 0.167. The number of aryl methyl sites for hydroxylation is 1. The molecule has 0 heterocycles. The van der Waals surface area contributed by atoms with E-state index in [1.54, 1.807) is 61.5 Å². The maximum absolute atomic E-state index is 13.5. The Hall–Kier alpha value is -3.85. The third kappa shape index (κ3) is 5.32. The largest absolute Gasteiger partial charge is 0.495 e. The summed E-state index contributed by atoms with van der Waals surface area (Å²) in [5, 5.41) is 2.70. The highest BCUT2D eigenvalue weighted by Gasteiger charge is 2.29. The van der Waals surface area contributed by atoms with Gasteiger partial charge in [-0.25, -0.2) is 13.2 Å². The number of benzene rings is 3. The van der Waals surface area contributed by atoms with Gasteiger partial charge in [-0.1, -0.05) is 36.4 Å². The molecule has 33 heavy (non-hydrogen) atoms. The molecule has 8 nitrogen and oxygen atoms in total. The van der Waals surface area contributed by atoms with Gasteiger partial charge in [-0.3, -0.25) is 9.10 Å². The first-order valence-electron chi connectivity index (χ1n) is 9.97. The van der Waals surface area contributed by atoms with Crippen molar-refractivity contribution in [2.75, 3.05) is 30.4 Å². The fourth-order valence-corrected chi connectivity index (χ4v) is 4.63. The van der Waals surface area contributed by atoms with Crippen molar-refractivity contribution in [3.63, 3.8) is 0 Å². The van der Waals surface area contributed by atoms with Crippen LogP contribution in [0, 0.1) is 6.92 Å². The molecular weight excluding hydrogens is 444 g/mol. The highest BCUT2D eigenvalue weighted by molar-refractivity contribution is 7.92. The van der Waals surface area contributed by atoms with Crippen molar-refractivity contribution in [3.8, 4) is 5.75 Å². The molecule has 0 aliphatic carbocycles. The normalized spacial score (nSPS) is 10.9. The van der Waals surface area contributed by atoms with Crippen LogP contribution in [0.2, 0.25) is 0 Å². The topological polar surface area (TPSA) is 102 Å². The first-order valence-corrected chi connectivity index (χ1v) is 11.4. The van der Waals surface area contributed by atoms with Crippen molar-refractivity contribution in [2.24, 2.45) is 0 Å². The number of hydrogen-bond donors (Lipinski definition) is 1. The molecule has 9 heteroatoms. The number of methoxy groups -OCH3 is 2. The zero-order chi connectivity index (χ0) is 24.0. The van der Waals surface area contributed by atoms with E-state index in [-0.39, 0.29) is 16.1 Å². The average Bonchev–Trinajstić information content (AvgIpc) is 2.83. The van der Waals surface area contributed by atoms with Crippen LogP contribution in [-0.2, 0) is 19.6 Å². The molecule has 0 radical (unpaired) electrons. The molecule has 0 aromatic heterocycles. The molecule has 172 valence electrons. The zero-order valence-corrected chi connectivity index (χ0v) is 19.3. The zero-order valence-electron chi connectivity index (χ0n) is 18.4. The molecule has 0 saturated heterocycles. The standard InChI is InChI=1S/C24H24N2O6S/c1-17-13-14-18(24(28)32-3)15-20(17)25-23(27)16-26(21-11-7-8-12-22(21)31-2)33(29,30)19-9-5-4-6-10-19/h4-15H,16H2,1-3H3,(H,25,27). The number of nitrogens with one attached hydrogen (secondary N) is 1. The lowest BCUT2D eigenvalue weighted by Gasteiger charge is -2.25. The van der Waals surface area contributed by atoms with Gasteiger partial charge in [0.15, 0.2) is 0 Å². The molecule has 0 saturated carbocycles. The number of ether oxygens (including phenoxy) is 2. The van der Waals surface area contributed by atoms with Gasteiger partial charge >= 0.3 is 5.97 Å². The monoisotopic (exact) mass is 468 g/mol. The summed E-state index contributed by atoms with van der Waals surface area (Å²) in [5.74, 6) is -0.841. The number of anilines is 2. The number of rotatable bonds is 8. The maximum atomic E-state index is 13.5. The molecule has 0 fully saturated rings. The summed E-state index contributed by atoms with van der Waals surface area (Å²) in [6, 6.07) is 19.1. The second-order valence-corrected chi connectivity index (χ2v) is 8.93. The minimum atomic E-state index is -4.09. The Balaban J connectivity index is 1.98. The number of hydrogen-bond acceptors (Lipinski definition) is 6. The van der Waals surface area contributed by atoms with Crippen molar-refractivity contribution in [1.29, 1.82) is 0 Å². The minimum Gasteiger partial charge on any atom is -0.495 e. The molecule has 3 aromatic carbocycles. The molecule has 3 aromatic rings. The summed E-state index contributed by atoms with van der Waals surface area (Å²) < 4.78 is 38.0. The second-order valence-electron chi connectivity index (χ2n) is 7.07. The molecule has 0 unspecified atom stereocenters. The summed E-state index contributed by atoms with van der Waals surface area (Å²) in [5.41, 5.74) is 1.56. The number of para-hydroxylation sites is 2. The van der Waals surface area contributed by atoms with E-state index in [0.717, 1.165) is 4.31 Å². The number of sulfonamides is 1. The van der Waals surface area contributed by atoms with E-state index in [2.05, 4.69) is 5.32 Å². The van der Waals surface area contributed by atoms with Gasteiger partial charge < -0.3 is 14.8 Å². The molecular formula is C24H24N2O6S. The highest BCUT2D eigenvalue weighted by atomic mass is 32.2. The Labute approximate surface area is 192 Å². The minimum absolute atomic E-state index is 0.0348. The second kappa shape index (κ2) is 10.2. The summed E-state index contributed by atoms with van der Waals surface area (Å²) in [6.07, 6.45) is 0. The first kappa shape index (κ1) is 23.8. The van der Waals surface area contributed by atoms with Crippen LogP contribution < -0.4 is 14.4 Å². The van der Waals surface area contributed by atoms with Crippen molar-refractivity contribution < 1.29 is 27.5 Å². The Morgan fingerprint density at radius 2 is 1.61 bits per heavy atom. The SMILES string of the molecule is COC(=O)c1ccc(C)c(NC(=O)CN(c2ccccc2OC)S(=O)(=O)c2ccccc2)c1. The van der Waals surface area contributed by atoms with Gasteiger partial charge in [0.1, 0.15) is 12.3 Å². The molecule has 0 aliphatic heterocycles. The first-order chi connectivity index (χ1) is 15.8. The van der Waals surface area contributed by atoms with Crippen LogP contribution in [0.15, 0.2) is 77.7 Å². The molecule has 0 aliphatic rings. The quantitative estimate of drug-likeness (QED) is 0.507. The van der Waals surface area contributed by atoms with E-state index in [1.165, 1.54) is 32.4 Å². The van der Waals surface area contributed by atoms with Crippen LogP contribution in [-0.4, -0.2) is 41.1 Å². The van der Waals surface area contributed by atoms with E-state index >= 15 is 0 Å². The molecule has 1 N–H and O–H groups in total. The Morgan fingerprint density at radius 1 is 0.939 bits per heavy atom. The third-order valence-corrected chi connectivity index (χ3v) is 6.68. The predicted octanol–water partition coefficient (Wildman–Crippen LogP) is 3.62. The Bertz CT molecular complexity index is 1260. The van der Waals surface area contributed by atoms with Crippen LogP contribution in [0.4, 0.5) is 11.4 Å². The highest BCUT2D eigenvalue weighted by Crippen LogP contribution is 2.32. The molecule has 0 atom stereocenters. The van der Waals surface area contributed by atoms with Crippen LogP contribution in [0.1, 0.15) is 15.9 Å². The van der Waals surface area contributed by atoms with Gasteiger partial charge in [-0.15, -0.1) is 0 Å². The molecule has 0 bridgehead atoms. The predicted molar refractivity (Wildman–Crippen MR) is 125 cm³/mol. The Morgan fingerprint density at radius 3 is 2.27 bits per heavy atom. The van der Waals surface area contributed by atoms with Crippen molar-refractivity contribution in [3.05, 3.63) is 83.9 Å². The maximum Gasteiger partial charge on any atom is 0.337 e. The number of carbonyl (C=O) groups is 2. The van der Waals surface area contributed by atoms with Crippen molar-refractivity contribution in [1.82, 2.24) is 0 Å². The summed E-state index contributed by atoms with van der Waals surface area (Å²) in [6.45, 7) is 1.24. The van der Waals surface area contributed by atoms with Crippen LogP contribution >= 0.6 is 0 Å². The number of esters is 1. The van der Waals surface area contributed by atoms with E-state index in [0.29, 0.717) is 17.0 Å². The van der Waals surface area contributed by atoms with E-state index in [1.807, 2.05) is 0 Å². The number of nitrogens with zero attached hydrogens (tertiary/aromatic N) is 1. The smallest absolute Gasteiger partial charge is 0.337 e. The van der Waals surface area contributed by atoms with E-state index in [4.69, 9.17) is 9.47 Å². The molecule has 0 spiro atoms. The van der Waals surface area contributed by atoms with E-state index < -0.39 is 28.4 Å². The lowest BCUT2D eigenvalue weighted by atomic mass is 10.1. The van der Waals surface area contributed by atoms with Crippen LogP contribution in [0.25, 0.3) is 0 Å². The summed E-state index contributed by atoms with van der Waals surface area (Å²) in [7, 11) is -1.40. The average molecular weight is 469 g/mol.